The second-order valence-electron chi connectivity index (χ2n) is 5.67. The molecule has 1 nitrogen and oxygen atoms in total. The van der Waals surface area contributed by atoms with E-state index in [0.29, 0.717) is 27.7 Å². The Morgan fingerprint density at radius 1 is 1.10 bits per heavy atom. The number of nitrogens with one attached hydrogen (secondary N) is 1. The molecule has 1 N–H and O–H groups in total. The number of halogens is 3. The van der Waals surface area contributed by atoms with Crippen LogP contribution in [-0.4, -0.2) is 6.04 Å². The van der Waals surface area contributed by atoms with Crippen LogP contribution in [0.15, 0.2) is 36.4 Å². The number of hydrogen-bond acceptors (Lipinski definition) is 1. The zero-order chi connectivity index (χ0) is 15.0. The summed E-state index contributed by atoms with van der Waals surface area (Å²) in [5.74, 6) is 0.155. The van der Waals surface area contributed by atoms with Crippen LogP contribution in [-0.2, 0) is 0 Å². The zero-order valence-electron chi connectivity index (χ0n) is 11.7. The Morgan fingerprint density at radius 2 is 1.76 bits per heavy atom. The summed E-state index contributed by atoms with van der Waals surface area (Å²) in [6.45, 7) is 2.11. The van der Waals surface area contributed by atoms with Crippen LogP contribution >= 0.6 is 23.2 Å². The normalized spacial score (nSPS) is 21.0. The molecule has 110 valence electrons. The van der Waals surface area contributed by atoms with E-state index in [1.807, 2.05) is 0 Å². The van der Waals surface area contributed by atoms with Gasteiger partial charge in [-0.2, -0.15) is 0 Å². The van der Waals surface area contributed by atoms with Crippen LogP contribution < -0.4 is 5.32 Å². The average molecular weight is 324 g/mol. The Kier molecular flexibility index (Phi) is 4.10. The molecular weight excluding hydrogens is 308 g/mol. The number of aryl methyl sites for hydroxylation is 1. The van der Waals surface area contributed by atoms with Crippen molar-refractivity contribution in [2.24, 2.45) is 0 Å². The molecule has 21 heavy (non-hydrogen) atoms. The van der Waals surface area contributed by atoms with Gasteiger partial charge >= 0.3 is 0 Å². The molecule has 0 amide bonds. The molecule has 4 heteroatoms. The van der Waals surface area contributed by atoms with Crippen LogP contribution in [0.25, 0.3) is 0 Å². The monoisotopic (exact) mass is 323 g/mol. The van der Waals surface area contributed by atoms with Gasteiger partial charge in [0.2, 0.25) is 0 Å². The Hall–Kier alpha value is -1.25. The standard InChI is InChI=1S/C17H16Cl2FN/c1-10-3-2-4-11(5-10)12-6-14(7-12)21-17-15(18)8-13(20)9-16(17)19/h2-5,8-9,12,14,21H,6-7H2,1H3. The van der Waals surface area contributed by atoms with Gasteiger partial charge in [-0.1, -0.05) is 53.0 Å². The second kappa shape index (κ2) is 5.86. The minimum Gasteiger partial charge on any atom is -0.380 e. The average Bonchev–Trinajstić information content (AvgIpc) is 2.35. The number of hydrogen-bond donors (Lipinski definition) is 1. The molecule has 0 atom stereocenters. The first-order valence-corrected chi connectivity index (χ1v) is 7.76. The summed E-state index contributed by atoms with van der Waals surface area (Å²) in [4.78, 5) is 0. The largest absolute Gasteiger partial charge is 0.380 e. The Morgan fingerprint density at radius 3 is 2.38 bits per heavy atom. The lowest BCUT2D eigenvalue weighted by Gasteiger charge is -2.37. The van der Waals surface area contributed by atoms with Crippen molar-refractivity contribution in [3.05, 3.63) is 63.4 Å². The van der Waals surface area contributed by atoms with Crippen LogP contribution in [0.3, 0.4) is 0 Å². The van der Waals surface area contributed by atoms with Crippen molar-refractivity contribution >= 4 is 28.9 Å². The first-order valence-electron chi connectivity index (χ1n) is 7.00. The molecule has 0 aromatic heterocycles. The fraction of sp³-hybridized carbons (Fsp3) is 0.294. The van der Waals surface area contributed by atoms with Gasteiger partial charge in [-0.3, -0.25) is 0 Å². The van der Waals surface area contributed by atoms with Gasteiger partial charge in [-0.25, -0.2) is 4.39 Å². The minimum absolute atomic E-state index is 0.330. The number of anilines is 1. The zero-order valence-corrected chi connectivity index (χ0v) is 13.2. The predicted octanol–water partition coefficient (Wildman–Crippen LogP) is 5.80. The maximum atomic E-state index is 13.2. The summed E-state index contributed by atoms with van der Waals surface area (Å²) in [5.41, 5.74) is 3.30. The molecule has 0 bridgehead atoms. The van der Waals surface area contributed by atoms with E-state index in [-0.39, 0.29) is 0 Å². The van der Waals surface area contributed by atoms with E-state index in [4.69, 9.17) is 23.2 Å². The molecule has 1 aliphatic carbocycles. The Balaban J connectivity index is 1.65. The van der Waals surface area contributed by atoms with Crippen molar-refractivity contribution < 1.29 is 4.39 Å². The molecule has 2 aromatic rings. The van der Waals surface area contributed by atoms with Crippen molar-refractivity contribution in [2.45, 2.75) is 31.7 Å². The third kappa shape index (κ3) is 3.17. The maximum absolute atomic E-state index is 13.2. The van der Waals surface area contributed by atoms with Crippen molar-refractivity contribution in [1.29, 1.82) is 0 Å². The van der Waals surface area contributed by atoms with Crippen LogP contribution in [0.1, 0.15) is 29.9 Å². The summed E-state index contributed by atoms with van der Waals surface area (Å²) in [6.07, 6.45) is 2.07. The Labute approximate surface area is 134 Å². The summed E-state index contributed by atoms with van der Waals surface area (Å²) < 4.78 is 13.2. The van der Waals surface area contributed by atoms with Gasteiger partial charge in [-0.05, 0) is 43.4 Å². The van der Waals surface area contributed by atoms with Gasteiger partial charge in [0.05, 0.1) is 15.7 Å². The molecule has 2 aromatic carbocycles. The van der Waals surface area contributed by atoms with Gasteiger partial charge < -0.3 is 5.32 Å². The van der Waals surface area contributed by atoms with E-state index in [2.05, 4.69) is 36.5 Å². The second-order valence-corrected chi connectivity index (χ2v) is 6.48. The van der Waals surface area contributed by atoms with E-state index < -0.39 is 5.82 Å². The summed E-state index contributed by atoms with van der Waals surface area (Å²) >= 11 is 12.1. The first kappa shape index (κ1) is 14.7. The minimum atomic E-state index is -0.415. The number of benzene rings is 2. The van der Waals surface area contributed by atoms with Crippen molar-refractivity contribution in [1.82, 2.24) is 0 Å². The highest BCUT2D eigenvalue weighted by Crippen LogP contribution is 2.41. The maximum Gasteiger partial charge on any atom is 0.126 e. The van der Waals surface area contributed by atoms with Gasteiger partial charge in [0.15, 0.2) is 0 Å². The van der Waals surface area contributed by atoms with E-state index in [1.54, 1.807) is 0 Å². The molecule has 1 saturated carbocycles. The predicted molar refractivity (Wildman–Crippen MR) is 87.0 cm³/mol. The van der Waals surface area contributed by atoms with Gasteiger partial charge in [0.25, 0.3) is 0 Å². The molecule has 0 spiro atoms. The fourth-order valence-electron chi connectivity index (χ4n) is 2.82. The molecule has 0 saturated heterocycles. The summed E-state index contributed by atoms with van der Waals surface area (Å²) in [5, 5.41) is 3.99. The van der Waals surface area contributed by atoms with Gasteiger partial charge in [-0.15, -0.1) is 0 Å². The fourth-order valence-corrected chi connectivity index (χ4v) is 3.39. The van der Waals surface area contributed by atoms with Crippen LogP contribution in [0.5, 0.6) is 0 Å². The molecule has 1 fully saturated rings. The molecule has 0 unspecified atom stereocenters. The van der Waals surface area contributed by atoms with Crippen LogP contribution in [0.2, 0.25) is 10.0 Å². The third-order valence-electron chi connectivity index (χ3n) is 4.01. The number of rotatable bonds is 3. The van der Waals surface area contributed by atoms with Crippen LogP contribution in [0, 0.1) is 12.7 Å². The highest BCUT2D eigenvalue weighted by Gasteiger charge is 2.31. The highest BCUT2D eigenvalue weighted by molar-refractivity contribution is 6.39. The third-order valence-corrected chi connectivity index (χ3v) is 4.60. The topological polar surface area (TPSA) is 12.0 Å². The quantitative estimate of drug-likeness (QED) is 0.752. The van der Waals surface area contributed by atoms with Crippen molar-refractivity contribution in [3.8, 4) is 0 Å². The molecule has 3 rings (SSSR count). The molecule has 0 aliphatic heterocycles. The SMILES string of the molecule is Cc1cccc(C2CC(Nc3c(Cl)cc(F)cc3Cl)C2)c1. The molecule has 1 aliphatic rings. The lowest BCUT2D eigenvalue weighted by Crippen LogP contribution is -2.34. The van der Waals surface area contributed by atoms with Gasteiger partial charge in [0, 0.05) is 6.04 Å². The van der Waals surface area contributed by atoms with Crippen LogP contribution in [0.4, 0.5) is 10.1 Å². The smallest absolute Gasteiger partial charge is 0.126 e. The lowest BCUT2D eigenvalue weighted by molar-refractivity contribution is 0.374. The summed E-state index contributed by atoms with van der Waals surface area (Å²) in [7, 11) is 0. The molecule has 0 heterocycles. The van der Waals surface area contributed by atoms with Crippen molar-refractivity contribution in [2.75, 3.05) is 5.32 Å². The highest BCUT2D eigenvalue weighted by atomic mass is 35.5. The van der Waals surface area contributed by atoms with E-state index in [9.17, 15) is 4.39 Å². The first-order chi connectivity index (χ1) is 10.0. The van der Waals surface area contributed by atoms with Gasteiger partial charge in [0.1, 0.15) is 5.82 Å². The van der Waals surface area contributed by atoms with E-state index in [0.717, 1.165) is 12.8 Å². The lowest BCUT2D eigenvalue weighted by atomic mass is 9.75. The van der Waals surface area contributed by atoms with E-state index >= 15 is 0 Å². The van der Waals surface area contributed by atoms with Crippen molar-refractivity contribution in [3.63, 3.8) is 0 Å². The summed E-state index contributed by atoms with van der Waals surface area (Å²) in [6, 6.07) is 11.5. The Bertz CT molecular complexity index is 643. The van der Waals surface area contributed by atoms with E-state index in [1.165, 1.54) is 23.3 Å². The molecular formula is C17H16Cl2FN. The molecule has 0 radical (unpaired) electrons.